The van der Waals surface area contributed by atoms with Gasteiger partial charge >= 0.3 is 0 Å². The summed E-state index contributed by atoms with van der Waals surface area (Å²) in [6, 6.07) is 59.9. The van der Waals surface area contributed by atoms with Crippen molar-refractivity contribution in [1.82, 2.24) is 0 Å². The van der Waals surface area contributed by atoms with Crippen molar-refractivity contribution in [2.45, 2.75) is 145 Å². The zero-order valence-electron chi connectivity index (χ0n) is 86.0. The SMILES string of the molecule is Cc1cc(-c2c(C)cc(C)c(-c3cccc[n+]3C)c2C)[n+](C)cc1C.Cc1cc[n+](C)c(-c2c(C)cc(C)c(-c3cccc[n+]3C)c2C)c1.Cc1ccc(-c2c(C)cc(C)c(-c3cccc[n+]3C)c2C)[n+](C)c1.[2H]C([2H])([2H])c1cc(C)c(-c2cccc[n+]2C)c(C)c1-c1ccc(C)c[n+]1C.[2H]C([2H])([2H])c1cc[n+](C)c(-c2c(C([2H])([2H])[2H])cc(C)c(-c3cccc[n+]3C)c2C)c1. The number of hydrogen-bond donors (Lipinski definition) is 0. The van der Waals surface area contributed by atoms with Crippen LogP contribution in [0.15, 0.2) is 238 Å². The van der Waals surface area contributed by atoms with Crippen LogP contribution in [0.25, 0.3) is 113 Å². The number of aromatic nitrogens is 10. The van der Waals surface area contributed by atoms with Crippen LogP contribution in [0, 0.1) is 145 Å². The highest BCUT2D eigenvalue weighted by Gasteiger charge is 2.30. The van der Waals surface area contributed by atoms with E-state index in [-0.39, 0.29) is 11.1 Å². The van der Waals surface area contributed by atoms with E-state index in [1.165, 1.54) is 140 Å². The summed E-state index contributed by atoms with van der Waals surface area (Å²) in [5, 5.41) is 0. The highest BCUT2D eigenvalue weighted by atomic mass is 15.0. The van der Waals surface area contributed by atoms with E-state index >= 15 is 0 Å². The summed E-state index contributed by atoms with van der Waals surface area (Å²) in [5.74, 6) is 0. The molecular weight excluding hydrogens is 1470 g/mol. The molecule has 0 saturated carbocycles. The predicted octanol–water partition coefficient (Wildman–Crippen LogP) is 19.8. The van der Waals surface area contributed by atoms with Gasteiger partial charge in [0.05, 0.1) is 55.6 Å². The lowest BCUT2D eigenvalue weighted by molar-refractivity contribution is -0.661. The lowest BCUT2D eigenvalue weighted by atomic mass is 9.89. The molecule has 0 aliphatic heterocycles. The quantitative estimate of drug-likeness (QED) is 0.122. The van der Waals surface area contributed by atoms with Gasteiger partial charge in [0.2, 0.25) is 56.9 Å². The number of aryl methyl sites for hydroxylation is 26. The third-order valence-electron chi connectivity index (χ3n) is 24.1. The first-order valence-electron chi connectivity index (χ1n) is 46.3. The smallest absolute Gasteiger partial charge is 0.201 e. The molecule has 0 spiro atoms. The fraction of sp³-hybridized carbons (Fsp3) is 0.279. The highest BCUT2D eigenvalue weighted by Crippen LogP contribution is 2.41. The molecule has 0 N–H and O–H groups in total. The molecule has 121 heavy (non-hydrogen) atoms. The van der Waals surface area contributed by atoms with Crippen molar-refractivity contribution in [3.8, 4) is 113 Å². The van der Waals surface area contributed by atoms with Crippen molar-refractivity contribution < 1.29 is 58.0 Å². The molecular formula is C111H132N10+10. The second kappa shape index (κ2) is 37.9. The molecule has 15 rings (SSSR count). The first-order chi connectivity index (χ1) is 61.0. The van der Waals surface area contributed by atoms with E-state index < -0.39 is 20.6 Å². The predicted molar refractivity (Wildman–Crippen MR) is 498 cm³/mol. The maximum atomic E-state index is 8.13. The average molecular weight is 1620 g/mol. The summed E-state index contributed by atoms with van der Waals surface area (Å²) in [7, 11) is 20.4. The Balaban J connectivity index is 0.000000157. The zero-order valence-corrected chi connectivity index (χ0v) is 77.0. The van der Waals surface area contributed by atoms with Gasteiger partial charge in [-0.3, -0.25) is 0 Å². The maximum Gasteiger partial charge on any atom is 0.213 e. The van der Waals surface area contributed by atoms with Gasteiger partial charge in [-0.1, -0.05) is 30.3 Å². The molecule has 0 bridgehead atoms. The Labute approximate surface area is 737 Å². The molecule has 10 heteroatoms. The van der Waals surface area contributed by atoms with Gasteiger partial charge in [-0.2, -0.15) is 0 Å². The van der Waals surface area contributed by atoms with Crippen molar-refractivity contribution in [1.29, 1.82) is 0 Å². The van der Waals surface area contributed by atoms with Gasteiger partial charge in [-0.05, 0) is 288 Å². The molecule has 0 unspecified atom stereocenters. The van der Waals surface area contributed by atoms with Gasteiger partial charge in [-0.15, -0.1) is 0 Å². The van der Waals surface area contributed by atoms with E-state index in [0.29, 0.717) is 16.8 Å². The summed E-state index contributed by atoms with van der Waals surface area (Å²) in [5.41, 5.74) is 45.2. The summed E-state index contributed by atoms with van der Waals surface area (Å²) < 4.78 is 93.2. The van der Waals surface area contributed by atoms with Crippen molar-refractivity contribution in [3.63, 3.8) is 0 Å². The van der Waals surface area contributed by atoms with Crippen molar-refractivity contribution in [2.75, 3.05) is 0 Å². The Hall–Kier alpha value is -12.4. The van der Waals surface area contributed by atoms with E-state index in [2.05, 4.69) is 311 Å². The molecule has 0 fully saturated rings. The third-order valence-corrected chi connectivity index (χ3v) is 24.1. The first-order valence-corrected chi connectivity index (χ1v) is 41.8. The second-order valence-electron chi connectivity index (χ2n) is 33.5. The summed E-state index contributed by atoms with van der Waals surface area (Å²) in [6.45, 7) is 31.7. The van der Waals surface area contributed by atoms with Crippen molar-refractivity contribution in [3.05, 3.63) is 355 Å². The largest absolute Gasteiger partial charge is 0.213 e. The Morgan fingerprint density at radius 2 is 0.397 bits per heavy atom. The van der Waals surface area contributed by atoms with Crippen LogP contribution in [0.1, 0.15) is 129 Å². The summed E-state index contributed by atoms with van der Waals surface area (Å²) in [4.78, 5) is 0. The molecule has 5 aromatic carbocycles. The number of pyridine rings is 10. The molecule has 0 atom stereocenters. The number of benzene rings is 5. The van der Waals surface area contributed by atoms with E-state index in [1.54, 1.807) is 36.0 Å². The molecule has 0 saturated heterocycles. The molecule has 0 aliphatic carbocycles. The van der Waals surface area contributed by atoms with Crippen LogP contribution in [0.2, 0.25) is 0 Å². The zero-order chi connectivity index (χ0) is 95.5. The maximum absolute atomic E-state index is 8.13. The van der Waals surface area contributed by atoms with Crippen LogP contribution in [-0.4, -0.2) is 0 Å². The van der Waals surface area contributed by atoms with E-state index in [9.17, 15) is 0 Å². The van der Waals surface area contributed by atoms with Crippen molar-refractivity contribution >= 4 is 0 Å². The Kier molecular flexibility index (Phi) is 24.2. The molecule has 10 heterocycles. The van der Waals surface area contributed by atoms with Crippen LogP contribution in [0.3, 0.4) is 0 Å². The molecule has 0 aliphatic rings. The second-order valence-corrected chi connectivity index (χ2v) is 33.5. The molecule has 0 radical (unpaired) electrons. The van der Waals surface area contributed by atoms with Crippen LogP contribution >= 0.6 is 0 Å². The van der Waals surface area contributed by atoms with Gasteiger partial charge in [-0.25, -0.2) is 45.7 Å². The fourth-order valence-electron chi connectivity index (χ4n) is 18.1. The van der Waals surface area contributed by atoms with E-state index in [4.69, 9.17) is 12.3 Å². The molecule has 616 valence electrons. The van der Waals surface area contributed by atoms with E-state index in [1.807, 2.05) is 132 Å². The fourth-order valence-corrected chi connectivity index (χ4v) is 18.1. The molecule has 0 amide bonds. The third kappa shape index (κ3) is 19.1. The molecule has 10 nitrogen and oxygen atoms in total. The average Bonchev–Trinajstić information content (AvgIpc) is 0.741. The monoisotopic (exact) mass is 1610 g/mol. The number of hydrogen-bond acceptors (Lipinski definition) is 0. The minimum absolute atomic E-state index is 0.180. The summed E-state index contributed by atoms with van der Waals surface area (Å²) in [6.07, 6.45) is 20.6. The first kappa shape index (κ1) is 77.2. The van der Waals surface area contributed by atoms with E-state index in [0.717, 1.165) is 61.6 Å². The van der Waals surface area contributed by atoms with Gasteiger partial charge in [0, 0.05) is 132 Å². The lowest BCUT2D eigenvalue weighted by Crippen LogP contribution is -2.32. The van der Waals surface area contributed by atoms with Gasteiger partial charge in [0.25, 0.3) is 0 Å². The topological polar surface area (TPSA) is 38.8 Å². The number of rotatable bonds is 10. The molecule has 10 aromatic heterocycles. The van der Waals surface area contributed by atoms with Crippen LogP contribution < -0.4 is 45.7 Å². The van der Waals surface area contributed by atoms with Crippen molar-refractivity contribution in [2.24, 2.45) is 70.5 Å². The standard InChI is InChI=1S/C23H28N2.4C22H26N2/c1-15-13-21(25(7)14-18(15)4)23-17(3)12-16(2)22(19(23)5)20-10-8-9-11-24(20)6;2*1-15-10-11-20(24(6)14-15)22-17(3)13-16(2)21(18(22)4)19-9-7-8-12-23(19)5;2*1-15-10-12-24(6)20(13-15)22-17(3)14-16(2)21(18(22)4)19-9-7-8-11-23(19)5/h8-14H,1-7H3;4*7-14H,1-6H3/q5*+2/i;3D3;;1D3,3D3;. The van der Waals surface area contributed by atoms with Gasteiger partial charge in [0.15, 0.2) is 62.0 Å². The highest BCUT2D eigenvalue weighted by molar-refractivity contribution is 5.83. The Bertz CT molecular complexity index is 6850. The Morgan fingerprint density at radius 1 is 0.165 bits per heavy atom. The van der Waals surface area contributed by atoms with Gasteiger partial charge in [0.1, 0.15) is 70.5 Å². The number of nitrogens with zero attached hydrogens (tertiary/aromatic N) is 10. The summed E-state index contributed by atoms with van der Waals surface area (Å²) >= 11 is 0. The minimum Gasteiger partial charge on any atom is -0.201 e. The van der Waals surface area contributed by atoms with Crippen LogP contribution in [0.5, 0.6) is 0 Å². The van der Waals surface area contributed by atoms with Crippen LogP contribution in [0.4, 0.5) is 0 Å². The van der Waals surface area contributed by atoms with Crippen LogP contribution in [-0.2, 0) is 70.5 Å². The van der Waals surface area contributed by atoms with Gasteiger partial charge < -0.3 is 0 Å². The lowest BCUT2D eigenvalue weighted by Gasteiger charge is -2.16. The Morgan fingerprint density at radius 3 is 0.678 bits per heavy atom. The minimum atomic E-state index is -2.34. The molecule has 15 aromatic rings. The normalized spacial score (nSPS) is 12.3.